The first-order valence-corrected chi connectivity index (χ1v) is 12.9. The molecule has 3 rings (SSSR count). The molecule has 0 spiro atoms. The lowest BCUT2D eigenvalue weighted by Crippen LogP contribution is -2.53. The first-order valence-electron chi connectivity index (χ1n) is 11.3. The van der Waals surface area contributed by atoms with Crippen molar-refractivity contribution in [3.05, 3.63) is 54.1 Å². The molecule has 10 heteroatoms. The van der Waals surface area contributed by atoms with Gasteiger partial charge in [0, 0.05) is 19.7 Å². The molecule has 1 atom stereocenters. The van der Waals surface area contributed by atoms with Gasteiger partial charge in [0.15, 0.2) is 11.5 Å². The fourth-order valence-corrected chi connectivity index (χ4v) is 4.88. The largest absolute Gasteiger partial charge is 0.454 e. The van der Waals surface area contributed by atoms with Crippen LogP contribution in [0.2, 0.25) is 0 Å². The number of amides is 2. The van der Waals surface area contributed by atoms with Crippen molar-refractivity contribution < 1.29 is 27.5 Å². The maximum Gasteiger partial charge on any atom is 0.244 e. The van der Waals surface area contributed by atoms with E-state index in [-0.39, 0.29) is 25.0 Å². The number of anilines is 1. The minimum atomic E-state index is -3.80. The number of benzene rings is 2. The van der Waals surface area contributed by atoms with Crippen molar-refractivity contribution in [3.63, 3.8) is 0 Å². The van der Waals surface area contributed by atoms with Crippen LogP contribution in [0.4, 0.5) is 5.69 Å². The van der Waals surface area contributed by atoms with E-state index in [0.717, 1.165) is 9.87 Å². The quantitative estimate of drug-likeness (QED) is 0.519. The number of nitrogens with zero attached hydrogens (tertiary/aromatic N) is 2. The zero-order chi connectivity index (χ0) is 24.7. The van der Waals surface area contributed by atoms with Crippen molar-refractivity contribution in [1.82, 2.24) is 10.2 Å². The van der Waals surface area contributed by atoms with Crippen LogP contribution in [0, 0.1) is 0 Å². The highest BCUT2D eigenvalue weighted by atomic mass is 32.2. The SMILES string of the molecule is CC[C@H](C(=O)NC)N(CCc1ccccc1)C(=O)CN(c1ccc2c(c1)OCO2)S(=O)(=O)CC. The van der Waals surface area contributed by atoms with Crippen molar-refractivity contribution in [1.29, 1.82) is 0 Å². The lowest BCUT2D eigenvalue weighted by Gasteiger charge is -2.32. The van der Waals surface area contributed by atoms with Crippen LogP contribution in [-0.2, 0) is 26.0 Å². The van der Waals surface area contributed by atoms with Crippen molar-refractivity contribution >= 4 is 27.5 Å². The second kappa shape index (κ2) is 11.2. The summed E-state index contributed by atoms with van der Waals surface area (Å²) < 4.78 is 37.7. The van der Waals surface area contributed by atoms with Crippen LogP contribution in [0.5, 0.6) is 11.5 Å². The number of fused-ring (bicyclic) bond motifs is 1. The van der Waals surface area contributed by atoms with Gasteiger partial charge in [-0.25, -0.2) is 8.42 Å². The monoisotopic (exact) mass is 489 g/mol. The second-order valence-electron chi connectivity index (χ2n) is 7.81. The standard InChI is InChI=1S/C24H31N3O6S/c1-4-20(24(29)25-3)26(14-13-18-9-7-6-8-10-18)23(28)16-27(34(30,31)5-2)19-11-12-21-22(15-19)33-17-32-21/h6-12,15,20H,4-5,13-14,16-17H2,1-3H3,(H,25,29)/t20-/m1/s1. The normalized spacial score (nSPS) is 13.3. The maximum absolute atomic E-state index is 13.5. The summed E-state index contributed by atoms with van der Waals surface area (Å²) in [5.41, 5.74) is 1.32. The summed E-state index contributed by atoms with van der Waals surface area (Å²) >= 11 is 0. The Morgan fingerprint density at radius 1 is 1.06 bits per heavy atom. The molecule has 0 bridgehead atoms. The van der Waals surface area contributed by atoms with E-state index in [1.54, 1.807) is 18.2 Å². The number of hydrogen-bond donors (Lipinski definition) is 1. The van der Waals surface area contributed by atoms with Gasteiger partial charge < -0.3 is 19.7 Å². The Bertz CT molecular complexity index is 1110. The van der Waals surface area contributed by atoms with Crippen LogP contribution in [0.25, 0.3) is 0 Å². The molecule has 2 aromatic carbocycles. The Balaban J connectivity index is 1.90. The predicted octanol–water partition coefficient (Wildman–Crippen LogP) is 2.17. The summed E-state index contributed by atoms with van der Waals surface area (Å²) in [5.74, 6) is -0.0122. The highest BCUT2D eigenvalue weighted by Crippen LogP contribution is 2.36. The lowest BCUT2D eigenvalue weighted by atomic mass is 10.1. The van der Waals surface area contributed by atoms with Gasteiger partial charge >= 0.3 is 0 Å². The fraction of sp³-hybridized carbons (Fsp3) is 0.417. The number of likely N-dealkylation sites (N-methyl/N-ethyl adjacent to an activating group) is 1. The van der Waals surface area contributed by atoms with E-state index >= 15 is 0 Å². The third-order valence-electron chi connectivity index (χ3n) is 5.74. The van der Waals surface area contributed by atoms with Gasteiger partial charge in [-0.3, -0.25) is 13.9 Å². The Kier molecular flexibility index (Phi) is 8.38. The molecule has 0 unspecified atom stereocenters. The van der Waals surface area contributed by atoms with Gasteiger partial charge in [-0.1, -0.05) is 37.3 Å². The van der Waals surface area contributed by atoms with E-state index in [2.05, 4.69) is 5.32 Å². The average molecular weight is 490 g/mol. The van der Waals surface area contributed by atoms with E-state index in [9.17, 15) is 18.0 Å². The second-order valence-corrected chi connectivity index (χ2v) is 9.99. The molecule has 0 radical (unpaired) electrons. The molecule has 1 aliphatic rings. The van der Waals surface area contributed by atoms with Crippen LogP contribution >= 0.6 is 0 Å². The number of sulfonamides is 1. The molecule has 1 N–H and O–H groups in total. The van der Waals surface area contributed by atoms with Gasteiger partial charge in [-0.15, -0.1) is 0 Å². The lowest BCUT2D eigenvalue weighted by molar-refractivity contribution is -0.139. The zero-order valence-electron chi connectivity index (χ0n) is 19.7. The van der Waals surface area contributed by atoms with Crippen molar-refractivity contribution in [2.24, 2.45) is 0 Å². The summed E-state index contributed by atoms with van der Waals surface area (Å²) in [6.07, 6.45) is 0.926. The van der Waals surface area contributed by atoms with Gasteiger partial charge in [-0.05, 0) is 37.5 Å². The molecule has 0 aromatic heterocycles. The molecule has 2 aromatic rings. The smallest absolute Gasteiger partial charge is 0.244 e. The third kappa shape index (κ3) is 5.80. The number of hydrogen-bond acceptors (Lipinski definition) is 6. The molecule has 0 fully saturated rings. The van der Waals surface area contributed by atoms with Crippen LogP contribution in [0.15, 0.2) is 48.5 Å². The molecular weight excluding hydrogens is 458 g/mol. The van der Waals surface area contributed by atoms with Gasteiger partial charge in [0.1, 0.15) is 12.6 Å². The Labute approximate surface area is 200 Å². The molecular formula is C24H31N3O6S. The van der Waals surface area contributed by atoms with Gasteiger partial charge in [0.2, 0.25) is 28.6 Å². The first kappa shape index (κ1) is 25.4. The van der Waals surface area contributed by atoms with Gasteiger partial charge in [0.25, 0.3) is 0 Å². The van der Waals surface area contributed by atoms with E-state index < -0.39 is 28.5 Å². The molecule has 9 nitrogen and oxygen atoms in total. The first-order chi connectivity index (χ1) is 16.3. The Morgan fingerprint density at radius 2 is 1.76 bits per heavy atom. The van der Waals surface area contributed by atoms with Gasteiger partial charge in [0.05, 0.1) is 11.4 Å². The minimum Gasteiger partial charge on any atom is -0.454 e. The topological polar surface area (TPSA) is 105 Å². The molecule has 184 valence electrons. The van der Waals surface area contributed by atoms with Crippen LogP contribution in [0.1, 0.15) is 25.8 Å². The molecule has 34 heavy (non-hydrogen) atoms. The van der Waals surface area contributed by atoms with Crippen molar-refractivity contribution in [2.75, 3.05) is 37.0 Å². The summed E-state index contributed by atoms with van der Waals surface area (Å²) in [6, 6.07) is 13.7. The summed E-state index contributed by atoms with van der Waals surface area (Å²) in [6.45, 7) is 3.23. The van der Waals surface area contributed by atoms with E-state index in [0.29, 0.717) is 30.0 Å². The number of rotatable bonds is 11. The average Bonchev–Trinajstić information content (AvgIpc) is 3.33. The Morgan fingerprint density at radius 3 is 2.41 bits per heavy atom. The molecule has 0 saturated carbocycles. The highest BCUT2D eigenvalue weighted by molar-refractivity contribution is 7.92. The van der Waals surface area contributed by atoms with Crippen molar-refractivity contribution in [3.8, 4) is 11.5 Å². The number of ether oxygens (including phenoxy) is 2. The predicted molar refractivity (Wildman–Crippen MR) is 129 cm³/mol. The van der Waals surface area contributed by atoms with E-state index in [4.69, 9.17) is 9.47 Å². The summed E-state index contributed by atoms with van der Waals surface area (Å²) in [7, 11) is -2.28. The minimum absolute atomic E-state index is 0.0514. The Hall–Kier alpha value is -3.27. The number of carbonyl (C=O) groups excluding carboxylic acids is 2. The zero-order valence-corrected chi connectivity index (χ0v) is 20.5. The number of nitrogens with one attached hydrogen (secondary N) is 1. The van der Waals surface area contributed by atoms with Crippen LogP contribution in [0.3, 0.4) is 0 Å². The molecule has 1 heterocycles. The van der Waals surface area contributed by atoms with Crippen molar-refractivity contribution in [2.45, 2.75) is 32.7 Å². The summed E-state index contributed by atoms with van der Waals surface area (Å²) in [4.78, 5) is 27.6. The molecule has 0 saturated heterocycles. The summed E-state index contributed by atoms with van der Waals surface area (Å²) in [5, 5.41) is 2.61. The van der Waals surface area contributed by atoms with Gasteiger partial charge in [-0.2, -0.15) is 0 Å². The highest BCUT2D eigenvalue weighted by Gasteiger charge is 2.32. The maximum atomic E-state index is 13.5. The molecule has 0 aliphatic carbocycles. The third-order valence-corrected chi connectivity index (χ3v) is 7.48. The van der Waals surface area contributed by atoms with E-state index in [1.165, 1.54) is 18.9 Å². The van der Waals surface area contributed by atoms with Crippen LogP contribution in [-0.4, -0.2) is 63.9 Å². The number of carbonyl (C=O) groups is 2. The molecule has 2 amide bonds. The van der Waals surface area contributed by atoms with E-state index in [1.807, 2.05) is 37.3 Å². The fourth-order valence-electron chi connectivity index (χ4n) is 3.82. The van der Waals surface area contributed by atoms with Crippen LogP contribution < -0.4 is 19.1 Å². The molecule has 1 aliphatic heterocycles.